The van der Waals surface area contributed by atoms with E-state index in [0.717, 1.165) is 12.8 Å². The van der Waals surface area contributed by atoms with E-state index >= 15 is 0 Å². The maximum atomic E-state index is 10.9. The van der Waals surface area contributed by atoms with Crippen LogP contribution in [-0.4, -0.2) is 12.6 Å². The average Bonchev–Trinajstić information content (AvgIpc) is 3.06. The lowest BCUT2D eigenvalue weighted by Crippen LogP contribution is -2.19. The van der Waals surface area contributed by atoms with Crippen LogP contribution in [0.1, 0.15) is 59.8 Å². The van der Waals surface area contributed by atoms with Gasteiger partial charge in [-0.3, -0.25) is 4.79 Å². The minimum atomic E-state index is -0.173. The smallest absolute Gasteiger partial charge is 0.302 e. The lowest BCUT2D eigenvalue weighted by molar-refractivity contribution is -0.142. The second kappa shape index (κ2) is 5.15. The monoisotopic (exact) mass is 262 g/mol. The number of carbonyl (C=O) groups is 1. The minimum Gasteiger partial charge on any atom is -0.465 e. The molecule has 19 heavy (non-hydrogen) atoms. The summed E-state index contributed by atoms with van der Waals surface area (Å²) in [5.41, 5.74) is 3.44. The van der Waals surface area contributed by atoms with Crippen molar-refractivity contribution in [3.63, 3.8) is 0 Å². The van der Waals surface area contributed by atoms with Crippen LogP contribution >= 0.6 is 0 Å². The van der Waals surface area contributed by atoms with Crippen LogP contribution in [0.25, 0.3) is 0 Å². The molecule has 0 aromatic heterocycles. The molecule has 2 aliphatic carbocycles. The molecule has 106 valence electrons. The van der Waals surface area contributed by atoms with Crippen LogP contribution in [0.2, 0.25) is 0 Å². The topological polar surface area (TPSA) is 26.3 Å². The first-order valence-corrected chi connectivity index (χ1v) is 7.38. The molecule has 0 saturated heterocycles. The first-order chi connectivity index (χ1) is 8.85. The standard InChI is InChI=1S/C17H26O2/c1-13-6-5-8-16(3,4)15(13)7-9-17(10-11-17)12-19-14(2)18/h7,9H,5-6,8,10-12H2,1-4H3/b9-7+. The Balaban J connectivity index is 2.07. The molecule has 0 N–H and O–H groups in total. The van der Waals surface area contributed by atoms with Crippen LogP contribution in [-0.2, 0) is 9.53 Å². The third-order valence-corrected chi connectivity index (χ3v) is 4.60. The van der Waals surface area contributed by atoms with Gasteiger partial charge >= 0.3 is 5.97 Å². The molecular formula is C17H26O2. The largest absolute Gasteiger partial charge is 0.465 e. The minimum absolute atomic E-state index is 0.131. The predicted molar refractivity (Wildman–Crippen MR) is 77.8 cm³/mol. The van der Waals surface area contributed by atoms with E-state index in [1.165, 1.54) is 37.3 Å². The average molecular weight is 262 g/mol. The normalized spacial score (nSPS) is 24.6. The molecule has 0 spiro atoms. The highest BCUT2D eigenvalue weighted by Gasteiger charge is 2.41. The van der Waals surface area contributed by atoms with Gasteiger partial charge in [-0.25, -0.2) is 0 Å². The molecule has 0 aliphatic heterocycles. The van der Waals surface area contributed by atoms with Crippen LogP contribution in [0.3, 0.4) is 0 Å². The lowest BCUT2D eigenvalue weighted by atomic mass is 9.72. The number of hydrogen-bond acceptors (Lipinski definition) is 2. The van der Waals surface area contributed by atoms with E-state index in [1.807, 2.05) is 0 Å². The lowest BCUT2D eigenvalue weighted by Gasteiger charge is -2.33. The number of esters is 1. The van der Waals surface area contributed by atoms with Gasteiger partial charge in [0.05, 0.1) is 0 Å². The van der Waals surface area contributed by atoms with Gasteiger partial charge in [-0.2, -0.15) is 0 Å². The fourth-order valence-corrected chi connectivity index (χ4v) is 3.04. The van der Waals surface area contributed by atoms with E-state index in [0.29, 0.717) is 6.61 Å². The van der Waals surface area contributed by atoms with Gasteiger partial charge in [-0.05, 0) is 50.0 Å². The molecule has 0 bridgehead atoms. The van der Waals surface area contributed by atoms with Crippen LogP contribution in [0.5, 0.6) is 0 Å². The number of hydrogen-bond donors (Lipinski definition) is 0. The molecule has 0 aromatic rings. The molecule has 0 atom stereocenters. The number of carbonyl (C=O) groups excluding carboxylic acids is 1. The van der Waals surface area contributed by atoms with Gasteiger partial charge in [0, 0.05) is 12.3 Å². The van der Waals surface area contributed by atoms with Gasteiger partial charge in [0.15, 0.2) is 0 Å². The maximum Gasteiger partial charge on any atom is 0.302 e. The molecule has 0 aromatic carbocycles. The Morgan fingerprint density at radius 2 is 2.00 bits per heavy atom. The van der Waals surface area contributed by atoms with Gasteiger partial charge in [-0.1, -0.05) is 31.6 Å². The summed E-state index contributed by atoms with van der Waals surface area (Å²) in [7, 11) is 0. The first-order valence-electron chi connectivity index (χ1n) is 7.38. The van der Waals surface area contributed by atoms with E-state index in [1.54, 1.807) is 0 Å². The molecule has 2 heteroatoms. The molecule has 1 fully saturated rings. The molecular weight excluding hydrogens is 236 g/mol. The Kier molecular flexibility index (Phi) is 3.89. The second-order valence-corrected chi connectivity index (χ2v) is 6.91. The van der Waals surface area contributed by atoms with Crippen molar-refractivity contribution < 1.29 is 9.53 Å². The Morgan fingerprint density at radius 1 is 1.32 bits per heavy atom. The Labute approximate surface area is 116 Å². The predicted octanol–water partition coefficient (Wildman–Crippen LogP) is 4.41. The van der Waals surface area contributed by atoms with Crippen LogP contribution in [0.15, 0.2) is 23.3 Å². The van der Waals surface area contributed by atoms with Gasteiger partial charge < -0.3 is 4.74 Å². The van der Waals surface area contributed by atoms with Crippen molar-refractivity contribution in [3.8, 4) is 0 Å². The summed E-state index contributed by atoms with van der Waals surface area (Å²) in [4.78, 5) is 10.9. The van der Waals surface area contributed by atoms with Crippen molar-refractivity contribution in [2.24, 2.45) is 10.8 Å². The van der Waals surface area contributed by atoms with Gasteiger partial charge in [0.2, 0.25) is 0 Å². The van der Waals surface area contributed by atoms with Crippen molar-refractivity contribution in [2.45, 2.75) is 59.8 Å². The maximum absolute atomic E-state index is 10.9. The van der Waals surface area contributed by atoms with Gasteiger partial charge in [0.25, 0.3) is 0 Å². The zero-order valence-electron chi connectivity index (χ0n) is 12.7. The molecule has 0 unspecified atom stereocenters. The summed E-state index contributed by atoms with van der Waals surface area (Å²) in [5.74, 6) is -0.173. The molecule has 1 saturated carbocycles. The fraction of sp³-hybridized carbons (Fsp3) is 0.706. The molecule has 0 amide bonds. The van der Waals surface area contributed by atoms with Crippen molar-refractivity contribution in [1.29, 1.82) is 0 Å². The van der Waals surface area contributed by atoms with E-state index in [9.17, 15) is 4.79 Å². The summed E-state index contributed by atoms with van der Waals surface area (Å²) >= 11 is 0. The molecule has 2 nitrogen and oxygen atoms in total. The molecule has 0 radical (unpaired) electrons. The number of rotatable bonds is 4. The zero-order chi connectivity index (χ0) is 14.1. The number of allylic oxidation sites excluding steroid dienone is 3. The van der Waals surface area contributed by atoms with Crippen molar-refractivity contribution in [1.82, 2.24) is 0 Å². The number of ether oxygens (including phenoxy) is 1. The van der Waals surface area contributed by atoms with Crippen LogP contribution in [0, 0.1) is 10.8 Å². The van der Waals surface area contributed by atoms with E-state index in [4.69, 9.17) is 4.74 Å². The summed E-state index contributed by atoms with van der Waals surface area (Å²) in [6.45, 7) is 8.95. The van der Waals surface area contributed by atoms with E-state index in [-0.39, 0.29) is 16.8 Å². The van der Waals surface area contributed by atoms with Gasteiger partial charge in [0.1, 0.15) is 6.61 Å². The van der Waals surface area contributed by atoms with Crippen LogP contribution < -0.4 is 0 Å². The third kappa shape index (κ3) is 3.49. The second-order valence-electron chi connectivity index (χ2n) is 6.91. The van der Waals surface area contributed by atoms with E-state index in [2.05, 4.69) is 32.9 Å². The Bertz CT molecular complexity index is 423. The summed E-state index contributed by atoms with van der Waals surface area (Å²) in [6, 6.07) is 0. The summed E-state index contributed by atoms with van der Waals surface area (Å²) < 4.78 is 5.18. The first kappa shape index (κ1) is 14.4. The molecule has 0 heterocycles. The van der Waals surface area contributed by atoms with Crippen LogP contribution in [0.4, 0.5) is 0 Å². The van der Waals surface area contributed by atoms with E-state index < -0.39 is 0 Å². The summed E-state index contributed by atoms with van der Waals surface area (Å²) in [6.07, 6.45) is 10.7. The Morgan fingerprint density at radius 3 is 2.53 bits per heavy atom. The molecule has 2 rings (SSSR count). The molecule has 2 aliphatic rings. The Hall–Kier alpha value is -1.05. The summed E-state index contributed by atoms with van der Waals surface area (Å²) in [5, 5.41) is 0. The van der Waals surface area contributed by atoms with Crippen molar-refractivity contribution in [3.05, 3.63) is 23.3 Å². The van der Waals surface area contributed by atoms with Crippen molar-refractivity contribution >= 4 is 5.97 Å². The highest BCUT2D eigenvalue weighted by atomic mass is 16.5. The SMILES string of the molecule is CC(=O)OCC1(/C=C/C2=C(C)CCCC2(C)C)CC1. The highest BCUT2D eigenvalue weighted by Crippen LogP contribution is 2.49. The zero-order valence-corrected chi connectivity index (χ0v) is 12.7. The third-order valence-electron chi connectivity index (χ3n) is 4.60. The van der Waals surface area contributed by atoms with Gasteiger partial charge in [-0.15, -0.1) is 0 Å². The fourth-order valence-electron chi connectivity index (χ4n) is 3.04. The quantitative estimate of drug-likeness (QED) is 0.701. The highest BCUT2D eigenvalue weighted by molar-refractivity contribution is 5.66. The van der Waals surface area contributed by atoms with Crippen molar-refractivity contribution in [2.75, 3.05) is 6.61 Å².